The van der Waals surface area contributed by atoms with Gasteiger partial charge in [-0.15, -0.1) is 0 Å². The Morgan fingerprint density at radius 3 is 2.55 bits per heavy atom. The van der Waals surface area contributed by atoms with Crippen molar-refractivity contribution in [3.63, 3.8) is 0 Å². The van der Waals surface area contributed by atoms with E-state index in [4.69, 9.17) is 9.47 Å². The van der Waals surface area contributed by atoms with Crippen molar-refractivity contribution in [2.45, 2.75) is 6.42 Å². The Labute approximate surface area is 129 Å². The minimum absolute atomic E-state index is 0.317. The van der Waals surface area contributed by atoms with E-state index in [1.807, 2.05) is 12.1 Å². The molecule has 0 spiro atoms. The molecule has 1 fully saturated rings. The molecule has 2 aliphatic heterocycles. The van der Waals surface area contributed by atoms with E-state index in [1.54, 1.807) is 12.4 Å². The van der Waals surface area contributed by atoms with Crippen molar-refractivity contribution in [2.75, 3.05) is 42.8 Å². The third kappa shape index (κ3) is 2.52. The zero-order chi connectivity index (χ0) is 14.8. The molecule has 2 aromatic rings. The standard InChI is InChI=1S/C16H18N4O2/c1-5-17-16(18-6-1)20-8-2-7-19(9-10-20)13-3-4-14-15(11-13)22-12-21-14/h1,3-6,11H,2,7-10,12H2. The molecule has 0 radical (unpaired) electrons. The average molecular weight is 298 g/mol. The van der Waals surface area contributed by atoms with Crippen molar-refractivity contribution in [3.05, 3.63) is 36.7 Å². The maximum atomic E-state index is 5.47. The Bertz CT molecular complexity index is 650. The maximum absolute atomic E-state index is 5.47. The van der Waals surface area contributed by atoms with E-state index >= 15 is 0 Å². The van der Waals surface area contributed by atoms with E-state index in [9.17, 15) is 0 Å². The summed E-state index contributed by atoms with van der Waals surface area (Å²) in [7, 11) is 0. The second kappa shape index (κ2) is 5.71. The molecule has 0 bridgehead atoms. The lowest BCUT2D eigenvalue weighted by molar-refractivity contribution is 0.174. The van der Waals surface area contributed by atoms with Crippen molar-refractivity contribution in [3.8, 4) is 11.5 Å². The van der Waals surface area contributed by atoms with Crippen LogP contribution in [0, 0.1) is 0 Å². The van der Waals surface area contributed by atoms with Crippen molar-refractivity contribution in [1.82, 2.24) is 9.97 Å². The third-order valence-electron chi connectivity index (χ3n) is 4.05. The fourth-order valence-electron chi connectivity index (χ4n) is 2.91. The largest absolute Gasteiger partial charge is 0.454 e. The predicted octanol–water partition coefficient (Wildman–Crippen LogP) is 1.92. The van der Waals surface area contributed by atoms with Gasteiger partial charge in [0.05, 0.1) is 0 Å². The van der Waals surface area contributed by atoms with Crippen LogP contribution in [0.4, 0.5) is 11.6 Å². The van der Waals surface area contributed by atoms with Crippen molar-refractivity contribution >= 4 is 11.6 Å². The summed E-state index contributed by atoms with van der Waals surface area (Å²) in [5.41, 5.74) is 1.18. The van der Waals surface area contributed by atoms with Crippen LogP contribution >= 0.6 is 0 Å². The van der Waals surface area contributed by atoms with E-state index in [0.717, 1.165) is 50.0 Å². The first-order valence-electron chi connectivity index (χ1n) is 7.57. The summed E-state index contributed by atoms with van der Waals surface area (Å²) >= 11 is 0. The average Bonchev–Trinajstić information content (AvgIpc) is 2.90. The number of ether oxygens (including phenoxy) is 2. The summed E-state index contributed by atoms with van der Waals surface area (Å²) in [4.78, 5) is 13.3. The van der Waals surface area contributed by atoms with Gasteiger partial charge in [0.15, 0.2) is 11.5 Å². The SMILES string of the molecule is c1cnc(N2CCCN(c3ccc4c(c3)OCO4)CC2)nc1. The smallest absolute Gasteiger partial charge is 0.231 e. The zero-order valence-corrected chi connectivity index (χ0v) is 12.3. The molecule has 1 aromatic carbocycles. The van der Waals surface area contributed by atoms with Gasteiger partial charge in [-0.05, 0) is 24.6 Å². The lowest BCUT2D eigenvalue weighted by Gasteiger charge is -2.23. The molecule has 114 valence electrons. The molecule has 6 nitrogen and oxygen atoms in total. The summed E-state index contributed by atoms with van der Waals surface area (Å²) in [6.45, 7) is 4.17. The Balaban J connectivity index is 1.49. The Hall–Kier alpha value is -2.50. The Morgan fingerprint density at radius 2 is 1.64 bits per heavy atom. The number of nitrogens with zero attached hydrogens (tertiary/aromatic N) is 4. The molecule has 1 saturated heterocycles. The molecule has 3 heterocycles. The van der Waals surface area contributed by atoms with Crippen molar-refractivity contribution < 1.29 is 9.47 Å². The molecule has 0 saturated carbocycles. The highest BCUT2D eigenvalue weighted by molar-refractivity contribution is 5.57. The Kier molecular flexibility index (Phi) is 3.42. The number of aromatic nitrogens is 2. The second-order valence-electron chi connectivity index (χ2n) is 5.41. The van der Waals surface area contributed by atoms with Crippen LogP contribution in [0.15, 0.2) is 36.7 Å². The van der Waals surface area contributed by atoms with Gasteiger partial charge in [0, 0.05) is 50.3 Å². The van der Waals surface area contributed by atoms with E-state index in [-0.39, 0.29) is 0 Å². The molecule has 22 heavy (non-hydrogen) atoms. The van der Waals surface area contributed by atoms with Gasteiger partial charge < -0.3 is 19.3 Å². The van der Waals surface area contributed by atoms with Crippen molar-refractivity contribution in [1.29, 1.82) is 0 Å². The van der Waals surface area contributed by atoms with Crippen LogP contribution in [0.2, 0.25) is 0 Å². The minimum atomic E-state index is 0.317. The van der Waals surface area contributed by atoms with Crippen LogP contribution in [-0.4, -0.2) is 42.9 Å². The first-order chi connectivity index (χ1) is 10.9. The summed E-state index contributed by atoms with van der Waals surface area (Å²) in [5.74, 6) is 2.48. The summed E-state index contributed by atoms with van der Waals surface area (Å²) in [6.07, 6.45) is 4.67. The van der Waals surface area contributed by atoms with E-state index in [1.165, 1.54) is 5.69 Å². The summed E-state index contributed by atoms with van der Waals surface area (Å²) < 4.78 is 10.8. The molecule has 0 aliphatic carbocycles. The molecule has 2 aliphatic rings. The summed E-state index contributed by atoms with van der Waals surface area (Å²) in [6, 6.07) is 8.00. The van der Waals surface area contributed by atoms with E-state index < -0.39 is 0 Å². The van der Waals surface area contributed by atoms with Gasteiger partial charge in [-0.2, -0.15) is 0 Å². The predicted molar refractivity (Wildman–Crippen MR) is 83.6 cm³/mol. The number of hydrogen-bond acceptors (Lipinski definition) is 6. The van der Waals surface area contributed by atoms with Crippen LogP contribution < -0.4 is 19.3 Å². The van der Waals surface area contributed by atoms with Crippen LogP contribution in [0.1, 0.15) is 6.42 Å². The van der Waals surface area contributed by atoms with Crippen LogP contribution in [0.3, 0.4) is 0 Å². The van der Waals surface area contributed by atoms with Gasteiger partial charge in [0.1, 0.15) is 0 Å². The minimum Gasteiger partial charge on any atom is -0.454 e. The van der Waals surface area contributed by atoms with E-state index in [2.05, 4.69) is 31.9 Å². The first kappa shape index (κ1) is 13.2. The molecular weight excluding hydrogens is 280 g/mol. The molecule has 0 N–H and O–H groups in total. The summed E-state index contributed by atoms with van der Waals surface area (Å²) in [5, 5.41) is 0. The number of benzene rings is 1. The van der Waals surface area contributed by atoms with Crippen LogP contribution in [0.25, 0.3) is 0 Å². The zero-order valence-electron chi connectivity index (χ0n) is 12.3. The number of hydrogen-bond donors (Lipinski definition) is 0. The molecule has 4 rings (SSSR count). The molecule has 0 amide bonds. The lowest BCUT2D eigenvalue weighted by atomic mass is 10.2. The number of anilines is 2. The van der Waals surface area contributed by atoms with Crippen LogP contribution in [-0.2, 0) is 0 Å². The molecule has 1 aromatic heterocycles. The monoisotopic (exact) mass is 298 g/mol. The fraction of sp³-hybridized carbons (Fsp3) is 0.375. The molecule has 0 atom stereocenters. The highest BCUT2D eigenvalue weighted by Crippen LogP contribution is 2.35. The Morgan fingerprint density at radius 1 is 0.864 bits per heavy atom. The fourth-order valence-corrected chi connectivity index (χ4v) is 2.91. The maximum Gasteiger partial charge on any atom is 0.231 e. The number of fused-ring (bicyclic) bond motifs is 1. The first-order valence-corrected chi connectivity index (χ1v) is 7.57. The van der Waals surface area contributed by atoms with Gasteiger partial charge >= 0.3 is 0 Å². The van der Waals surface area contributed by atoms with Gasteiger partial charge in [0.2, 0.25) is 12.7 Å². The lowest BCUT2D eigenvalue weighted by Crippen LogP contribution is -2.31. The van der Waals surface area contributed by atoms with E-state index in [0.29, 0.717) is 6.79 Å². The van der Waals surface area contributed by atoms with Gasteiger partial charge in [-0.3, -0.25) is 0 Å². The van der Waals surface area contributed by atoms with Gasteiger partial charge in [0.25, 0.3) is 0 Å². The van der Waals surface area contributed by atoms with Crippen molar-refractivity contribution in [2.24, 2.45) is 0 Å². The van der Waals surface area contributed by atoms with Crippen LogP contribution in [0.5, 0.6) is 11.5 Å². The second-order valence-corrected chi connectivity index (χ2v) is 5.41. The highest BCUT2D eigenvalue weighted by Gasteiger charge is 2.19. The molecule has 6 heteroatoms. The highest BCUT2D eigenvalue weighted by atomic mass is 16.7. The quantitative estimate of drug-likeness (QED) is 0.844. The number of rotatable bonds is 2. The topological polar surface area (TPSA) is 50.7 Å². The normalized spacial score (nSPS) is 17.5. The molecular formula is C16H18N4O2. The molecule has 0 unspecified atom stereocenters. The third-order valence-corrected chi connectivity index (χ3v) is 4.05. The van der Waals surface area contributed by atoms with Gasteiger partial charge in [-0.25, -0.2) is 9.97 Å². The van der Waals surface area contributed by atoms with Gasteiger partial charge in [-0.1, -0.05) is 0 Å².